The van der Waals surface area contributed by atoms with Gasteiger partial charge in [-0.1, -0.05) is 13.3 Å². The predicted octanol–water partition coefficient (Wildman–Crippen LogP) is 2.74. The number of hydrogen-bond acceptors (Lipinski definition) is 4. The molecule has 1 aliphatic rings. The van der Waals surface area contributed by atoms with Gasteiger partial charge in [-0.15, -0.1) is 11.3 Å². The molecule has 0 radical (unpaired) electrons. The second kappa shape index (κ2) is 6.34. The van der Waals surface area contributed by atoms with Crippen LogP contribution < -0.4 is 5.32 Å². The van der Waals surface area contributed by atoms with Crippen LogP contribution in [0.15, 0.2) is 6.20 Å². The molecular formula is C13H21N3O2S. The molecular weight excluding hydrogens is 262 g/mol. The summed E-state index contributed by atoms with van der Waals surface area (Å²) in [4.78, 5) is 19.5. The van der Waals surface area contributed by atoms with Crippen molar-refractivity contribution in [3.05, 3.63) is 11.1 Å². The summed E-state index contributed by atoms with van der Waals surface area (Å²) in [5.74, 6) is 0. The molecule has 1 fully saturated rings. The molecule has 1 N–H and O–H groups in total. The van der Waals surface area contributed by atoms with E-state index >= 15 is 0 Å². The third kappa shape index (κ3) is 3.45. The van der Waals surface area contributed by atoms with E-state index in [2.05, 4.69) is 17.2 Å². The summed E-state index contributed by atoms with van der Waals surface area (Å²) >= 11 is 1.55. The van der Waals surface area contributed by atoms with E-state index in [9.17, 15) is 4.79 Å². The number of nitrogens with zero attached hydrogens (tertiary/aromatic N) is 2. The first-order valence-electron chi connectivity index (χ1n) is 6.75. The average molecular weight is 283 g/mol. The van der Waals surface area contributed by atoms with Crippen molar-refractivity contribution in [3.63, 3.8) is 0 Å². The Labute approximate surface area is 118 Å². The van der Waals surface area contributed by atoms with Crippen LogP contribution in [0.25, 0.3) is 0 Å². The Morgan fingerprint density at radius 1 is 1.63 bits per heavy atom. The van der Waals surface area contributed by atoms with E-state index < -0.39 is 0 Å². The van der Waals surface area contributed by atoms with E-state index in [1.165, 1.54) is 4.88 Å². The lowest BCUT2D eigenvalue weighted by Crippen LogP contribution is -2.52. The van der Waals surface area contributed by atoms with E-state index in [-0.39, 0.29) is 18.2 Å². The first-order chi connectivity index (χ1) is 9.11. The summed E-state index contributed by atoms with van der Waals surface area (Å²) in [5.41, 5.74) is 0. The molecule has 2 amide bonds. The van der Waals surface area contributed by atoms with E-state index in [0.29, 0.717) is 18.3 Å². The van der Waals surface area contributed by atoms with Gasteiger partial charge in [-0.2, -0.15) is 0 Å². The molecule has 0 bridgehead atoms. The smallest absolute Gasteiger partial charge is 0.324 e. The van der Waals surface area contributed by atoms with Crippen molar-refractivity contribution in [1.82, 2.24) is 9.88 Å². The molecule has 0 spiro atoms. The van der Waals surface area contributed by atoms with Crippen molar-refractivity contribution >= 4 is 22.5 Å². The van der Waals surface area contributed by atoms with Gasteiger partial charge in [-0.05, 0) is 20.3 Å². The zero-order chi connectivity index (χ0) is 13.8. The number of carbonyl (C=O) groups is 1. The van der Waals surface area contributed by atoms with Crippen LogP contribution in [0.2, 0.25) is 0 Å². The van der Waals surface area contributed by atoms with Crippen LogP contribution in [0, 0.1) is 0 Å². The number of nitrogens with one attached hydrogen (secondary N) is 1. The largest absolute Gasteiger partial charge is 0.375 e. The highest BCUT2D eigenvalue weighted by Crippen LogP contribution is 2.21. The summed E-state index contributed by atoms with van der Waals surface area (Å²) in [6, 6.07) is 0.00359. The van der Waals surface area contributed by atoms with Gasteiger partial charge in [0.1, 0.15) is 0 Å². The van der Waals surface area contributed by atoms with Crippen LogP contribution in [0.4, 0.5) is 9.93 Å². The maximum absolute atomic E-state index is 12.2. The van der Waals surface area contributed by atoms with Crippen molar-refractivity contribution in [2.45, 2.75) is 45.8 Å². The molecule has 0 saturated carbocycles. The number of hydrogen-bond donors (Lipinski definition) is 1. The zero-order valence-corrected chi connectivity index (χ0v) is 12.5. The summed E-state index contributed by atoms with van der Waals surface area (Å²) < 4.78 is 5.52. The Hall–Kier alpha value is -1.14. The monoisotopic (exact) mass is 283 g/mol. The van der Waals surface area contributed by atoms with Gasteiger partial charge in [0.2, 0.25) is 0 Å². The molecule has 6 heteroatoms. The number of ether oxygens (including phenoxy) is 1. The number of rotatable bonds is 3. The molecule has 0 aliphatic carbocycles. The van der Waals surface area contributed by atoms with Crippen molar-refractivity contribution in [3.8, 4) is 0 Å². The van der Waals surface area contributed by atoms with Crippen molar-refractivity contribution < 1.29 is 9.53 Å². The molecule has 106 valence electrons. The highest BCUT2D eigenvalue weighted by atomic mass is 32.1. The molecule has 1 aromatic heterocycles. The van der Waals surface area contributed by atoms with Crippen LogP contribution in [0.5, 0.6) is 0 Å². The van der Waals surface area contributed by atoms with Crippen LogP contribution in [-0.4, -0.2) is 41.2 Å². The fourth-order valence-corrected chi connectivity index (χ4v) is 3.01. The number of carbonyl (C=O) groups excluding carboxylic acids is 1. The molecule has 1 aromatic rings. The Morgan fingerprint density at radius 2 is 2.42 bits per heavy atom. The number of amides is 2. The SMILES string of the molecule is CCCc1cnc(NC(=O)N2CCO[C@H](C)[C@@H]2C)s1. The Bertz CT molecular complexity index is 435. The highest BCUT2D eigenvalue weighted by molar-refractivity contribution is 7.15. The molecule has 19 heavy (non-hydrogen) atoms. The minimum atomic E-state index is -0.0833. The summed E-state index contributed by atoms with van der Waals surface area (Å²) in [7, 11) is 0. The van der Waals surface area contributed by atoms with E-state index in [4.69, 9.17) is 4.74 Å². The van der Waals surface area contributed by atoms with E-state index in [1.54, 1.807) is 11.3 Å². The van der Waals surface area contributed by atoms with Gasteiger partial charge in [-0.3, -0.25) is 5.32 Å². The topological polar surface area (TPSA) is 54.5 Å². The van der Waals surface area contributed by atoms with Crippen LogP contribution >= 0.6 is 11.3 Å². The first-order valence-corrected chi connectivity index (χ1v) is 7.57. The maximum atomic E-state index is 12.2. The third-order valence-electron chi connectivity index (χ3n) is 3.41. The molecule has 1 aliphatic heterocycles. The van der Waals surface area contributed by atoms with Gasteiger partial charge in [0.15, 0.2) is 5.13 Å². The Kier molecular flexibility index (Phi) is 4.76. The lowest BCUT2D eigenvalue weighted by atomic mass is 10.1. The third-order valence-corrected chi connectivity index (χ3v) is 4.38. The first kappa shape index (κ1) is 14.3. The van der Waals surface area contributed by atoms with Gasteiger partial charge in [-0.25, -0.2) is 9.78 Å². The maximum Gasteiger partial charge on any atom is 0.324 e. The van der Waals surface area contributed by atoms with Crippen molar-refractivity contribution in [1.29, 1.82) is 0 Å². The van der Waals surface area contributed by atoms with Crippen LogP contribution in [0.1, 0.15) is 32.1 Å². The number of morpholine rings is 1. The minimum Gasteiger partial charge on any atom is -0.375 e. The summed E-state index contributed by atoms with van der Waals surface area (Å²) in [5, 5.41) is 3.56. The standard InChI is InChI=1S/C13H21N3O2S/c1-4-5-11-8-14-12(19-11)15-13(17)16-6-7-18-10(3)9(16)2/h8-10H,4-7H2,1-3H3,(H,14,15,17)/t9-,10+/m0/s1. The van der Waals surface area contributed by atoms with Crippen LogP contribution in [0.3, 0.4) is 0 Å². The minimum absolute atomic E-state index is 0.0754. The van der Waals surface area contributed by atoms with E-state index in [1.807, 2.05) is 24.9 Å². The molecule has 2 heterocycles. The number of aromatic nitrogens is 1. The lowest BCUT2D eigenvalue weighted by Gasteiger charge is -2.37. The molecule has 1 saturated heterocycles. The highest BCUT2D eigenvalue weighted by Gasteiger charge is 2.29. The van der Waals surface area contributed by atoms with Gasteiger partial charge in [0.25, 0.3) is 0 Å². The number of thiazole rings is 1. The number of anilines is 1. The van der Waals surface area contributed by atoms with Gasteiger partial charge < -0.3 is 9.64 Å². The quantitative estimate of drug-likeness (QED) is 0.928. The van der Waals surface area contributed by atoms with Gasteiger partial charge in [0, 0.05) is 17.6 Å². The Morgan fingerprint density at radius 3 is 3.16 bits per heavy atom. The second-order valence-electron chi connectivity index (χ2n) is 4.82. The fraction of sp³-hybridized carbons (Fsp3) is 0.692. The summed E-state index contributed by atoms with van der Waals surface area (Å²) in [6.07, 6.45) is 4.02. The van der Waals surface area contributed by atoms with Crippen LogP contribution in [-0.2, 0) is 11.2 Å². The van der Waals surface area contributed by atoms with Crippen molar-refractivity contribution in [2.24, 2.45) is 0 Å². The molecule has 0 aromatic carbocycles. The van der Waals surface area contributed by atoms with E-state index in [0.717, 1.165) is 12.8 Å². The van der Waals surface area contributed by atoms with Crippen molar-refractivity contribution in [2.75, 3.05) is 18.5 Å². The molecule has 2 atom stereocenters. The predicted molar refractivity (Wildman–Crippen MR) is 76.7 cm³/mol. The fourth-order valence-electron chi connectivity index (χ4n) is 2.11. The number of aryl methyl sites for hydroxylation is 1. The molecule has 2 rings (SSSR count). The second-order valence-corrected chi connectivity index (χ2v) is 5.94. The lowest BCUT2D eigenvalue weighted by molar-refractivity contribution is -0.0355. The average Bonchev–Trinajstić information content (AvgIpc) is 2.80. The van der Waals surface area contributed by atoms with Gasteiger partial charge >= 0.3 is 6.03 Å². The zero-order valence-electron chi connectivity index (χ0n) is 11.7. The normalized spacial score (nSPS) is 23.4. The van der Waals surface area contributed by atoms with Gasteiger partial charge in [0.05, 0.1) is 18.8 Å². The molecule has 5 nitrogen and oxygen atoms in total. The Balaban J connectivity index is 1.95. The summed E-state index contributed by atoms with van der Waals surface area (Å²) in [6.45, 7) is 7.36. The molecule has 0 unspecified atom stereocenters. The number of urea groups is 1.